The van der Waals surface area contributed by atoms with Crippen molar-refractivity contribution in [2.45, 2.75) is 38.8 Å². The van der Waals surface area contributed by atoms with Gasteiger partial charge in [0.05, 0.1) is 18.3 Å². The molecule has 0 aromatic carbocycles. The molecule has 6 heteroatoms. The molecule has 2 N–H and O–H groups in total. The number of piperidine rings is 1. The third-order valence-corrected chi connectivity index (χ3v) is 2.74. The van der Waals surface area contributed by atoms with Gasteiger partial charge in [-0.15, -0.1) is 12.4 Å². The summed E-state index contributed by atoms with van der Waals surface area (Å²) in [5, 5.41) is 9.81. The van der Waals surface area contributed by atoms with Gasteiger partial charge in [0.25, 0.3) is 0 Å². The van der Waals surface area contributed by atoms with Gasteiger partial charge in [0.2, 0.25) is 5.91 Å². The zero-order valence-electron chi connectivity index (χ0n) is 9.86. The predicted octanol–water partition coefficient (Wildman–Crippen LogP) is 1.16. The van der Waals surface area contributed by atoms with Crippen molar-refractivity contribution < 1.29 is 9.32 Å². The first-order valence-electron chi connectivity index (χ1n) is 5.69. The number of aromatic nitrogens is 1. The van der Waals surface area contributed by atoms with Crippen LogP contribution in [0.15, 0.2) is 10.6 Å². The molecule has 0 radical (unpaired) electrons. The Morgan fingerprint density at radius 1 is 1.65 bits per heavy atom. The van der Waals surface area contributed by atoms with E-state index in [0.717, 1.165) is 31.5 Å². The van der Waals surface area contributed by atoms with Crippen molar-refractivity contribution >= 4 is 18.3 Å². The van der Waals surface area contributed by atoms with Gasteiger partial charge in [0.1, 0.15) is 0 Å². The van der Waals surface area contributed by atoms with E-state index in [4.69, 9.17) is 4.52 Å². The molecule has 17 heavy (non-hydrogen) atoms. The minimum atomic E-state index is -0.0437. The number of carbonyl (C=O) groups is 1. The third kappa shape index (κ3) is 4.02. The number of hydrogen-bond donors (Lipinski definition) is 2. The van der Waals surface area contributed by atoms with Gasteiger partial charge < -0.3 is 15.2 Å². The largest absolute Gasteiger partial charge is 0.359 e. The Labute approximate surface area is 107 Å². The van der Waals surface area contributed by atoms with Crippen LogP contribution in [0.25, 0.3) is 0 Å². The SMILES string of the molecule is Cc1cc(CNC(=O)C2CCCCN2)on1.Cl. The van der Waals surface area contributed by atoms with Crippen LogP contribution in [-0.2, 0) is 11.3 Å². The summed E-state index contributed by atoms with van der Waals surface area (Å²) in [6.45, 7) is 3.20. The zero-order chi connectivity index (χ0) is 11.4. The molecule has 1 aliphatic heterocycles. The minimum Gasteiger partial charge on any atom is -0.359 e. The van der Waals surface area contributed by atoms with Crippen LogP contribution in [0.5, 0.6) is 0 Å². The lowest BCUT2D eigenvalue weighted by atomic mass is 10.0. The number of hydrogen-bond acceptors (Lipinski definition) is 4. The molecule has 1 fully saturated rings. The molecule has 0 bridgehead atoms. The van der Waals surface area contributed by atoms with Gasteiger partial charge in [-0.2, -0.15) is 0 Å². The van der Waals surface area contributed by atoms with Crippen molar-refractivity contribution in [3.63, 3.8) is 0 Å². The number of carbonyl (C=O) groups excluding carboxylic acids is 1. The molecule has 96 valence electrons. The Kier molecular flexibility index (Phi) is 5.44. The molecule has 1 atom stereocenters. The fourth-order valence-corrected chi connectivity index (χ4v) is 1.87. The molecular weight excluding hydrogens is 242 g/mol. The van der Waals surface area contributed by atoms with Crippen LogP contribution in [0.3, 0.4) is 0 Å². The first kappa shape index (κ1) is 14.0. The number of nitrogens with one attached hydrogen (secondary N) is 2. The molecular formula is C11H18ClN3O2. The predicted molar refractivity (Wildman–Crippen MR) is 66.0 cm³/mol. The van der Waals surface area contributed by atoms with Crippen LogP contribution >= 0.6 is 12.4 Å². The van der Waals surface area contributed by atoms with E-state index in [0.29, 0.717) is 12.3 Å². The van der Waals surface area contributed by atoms with Crippen molar-refractivity contribution in [2.24, 2.45) is 0 Å². The van der Waals surface area contributed by atoms with Gasteiger partial charge in [0.15, 0.2) is 5.76 Å². The van der Waals surface area contributed by atoms with Crippen molar-refractivity contribution in [1.82, 2.24) is 15.8 Å². The second-order valence-corrected chi connectivity index (χ2v) is 4.15. The fraction of sp³-hybridized carbons (Fsp3) is 0.636. The summed E-state index contributed by atoms with van der Waals surface area (Å²) in [4.78, 5) is 11.7. The molecule has 1 amide bonds. The third-order valence-electron chi connectivity index (χ3n) is 2.74. The van der Waals surface area contributed by atoms with E-state index in [9.17, 15) is 4.79 Å². The molecule has 0 spiro atoms. The van der Waals surface area contributed by atoms with Crippen molar-refractivity contribution in [3.05, 3.63) is 17.5 Å². The highest BCUT2D eigenvalue weighted by Crippen LogP contribution is 2.07. The van der Waals surface area contributed by atoms with E-state index in [1.54, 1.807) is 0 Å². The summed E-state index contributed by atoms with van der Waals surface area (Å²) in [7, 11) is 0. The van der Waals surface area contributed by atoms with Gasteiger partial charge >= 0.3 is 0 Å². The van der Waals surface area contributed by atoms with Gasteiger partial charge in [0, 0.05) is 6.07 Å². The van der Waals surface area contributed by atoms with Gasteiger partial charge in [-0.3, -0.25) is 4.79 Å². The first-order chi connectivity index (χ1) is 7.75. The van der Waals surface area contributed by atoms with E-state index < -0.39 is 0 Å². The average molecular weight is 260 g/mol. The van der Waals surface area contributed by atoms with E-state index in [-0.39, 0.29) is 24.4 Å². The number of rotatable bonds is 3. The van der Waals surface area contributed by atoms with E-state index >= 15 is 0 Å². The van der Waals surface area contributed by atoms with Crippen LogP contribution in [0, 0.1) is 6.92 Å². The molecule has 1 saturated heterocycles. The quantitative estimate of drug-likeness (QED) is 0.855. The number of nitrogens with zero attached hydrogens (tertiary/aromatic N) is 1. The lowest BCUT2D eigenvalue weighted by Crippen LogP contribution is -2.46. The molecule has 1 unspecified atom stereocenters. The number of aryl methyl sites for hydroxylation is 1. The van der Waals surface area contributed by atoms with Crippen molar-refractivity contribution in [3.8, 4) is 0 Å². The molecule has 1 aromatic heterocycles. The molecule has 5 nitrogen and oxygen atoms in total. The molecule has 2 rings (SSSR count). The summed E-state index contributed by atoms with van der Waals surface area (Å²) >= 11 is 0. The maximum Gasteiger partial charge on any atom is 0.237 e. The van der Waals surface area contributed by atoms with Crippen LogP contribution in [-0.4, -0.2) is 23.7 Å². The van der Waals surface area contributed by atoms with Gasteiger partial charge in [-0.1, -0.05) is 11.6 Å². The minimum absolute atomic E-state index is 0. The Bertz CT molecular complexity index is 361. The van der Waals surface area contributed by atoms with Crippen LogP contribution in [0.4, 0.5) is 0 Å². The smallest absolute Gasteiger partial charge is 0.237 e. The summed E-state index contributed by atoms with van der Waals surface area (Å²) < 4.78 is 5.02. The van der Waals surface area contributed by atoms with Gasteiger partial charge in [-0.05, 0) is 26.3 Å². The molecule has 1 aromatic rings. The Morgan fingerprint density at radius 2 is 2.47 bits per heavy atom. The Morgan fingerprint density at radius 3 is 3.06 bits per heavy atom. The maximum atomic E-state index is 11.7. The van der Waals surface area contributed by atoms with E-state index in [1.807, 2.05) is 13.0 Å². The topological polar surface area (TPSA) is 67.2 Å². The monoisotopic (exact) mass is 259 g/mol. The standard InChI is InChI=1S/C11H17N3O2.ClH/c1-8-6-9(16-14-8)7-13-11(15)10-4-2-3-5-12-10;/h6,10,12H,2-5,7H2,1H3,(H,13,15);1H. The van der Waals surface area contributed by atoms with Crippen molar-refractivity contribution in [1.29, 1.82) is 0 Å². The summed E-state index contributed by atoms with van der Waals surface area (Å²) in [6.07, 6.45) is 3.19. The lowest BCUT2D eigenvalue weighted by molar-refractivity contribution is -0.123. The highest BCUT2D eigenvalue weighted by molar-refractivity contribution is 5.85. The molecule has 0 saturated carbocycles. The summed E-state index contributed by atoms with van der Waals surface area (Å²) in [5.74, 6) is 0.746. The van der Waals surface area contributed by atoms with Crippen molar-refractivity contribution in [2.75, 3.05) is 6.54 Å². The maximum absolute atomic E-state index is 11.7. The highest BCUT2D eigenvalue weighted by Gasteiger charge is 2.20. The second-order valence-electron chi connectivity index (χ2n) is 4.15. The van der Waals surface area contributed by atoms with Crippen LogP contribution < -0.4 is 10.6 Å². The van der Waals surface area contributed by atoms with E-state index in [1.165, 1.54) is 0 Å². The Hall–Kier alpha value is -1.07. The van der Waals surface area contributed by atoms with Crippen LogP contribution in [0.1, 0.15) is 30.7 Å². The fourth-order valence-electron chi connectivity index (χ4n) is 1.87. The second kappa shape index (κ2) is 6.61. The zero-order valence-corrected chi connectivity index (χ0v) is 10.7. The summed E-state index contributed by atoms with van der Waals surface area (Å²) in [5.41, 5.74) is 0.833. The molecule has 2 heterocycles. The highest BCUT2D eigenvalue weighted by atomic mass is 35.5. The normalized spacial score (nSPS) is 19.5. The summed E-state index contributed by atoms with van der Waals surface area (Å²) in [6, 6.07) is 1.78. The number of amides is 1. The van der Waals surface area contributed by atoms with E-state index in [2.05, 4.69) is 15.8 Å². The Balaban J connectivity index is 0.00000144. The molecule has 0 aliphatic carbocycles. The van der Waals surface area contributed by atoms with Gasteiger partial charge in [-0.25, -0.2) is 0 Å². The average Bonchev–Trinajstić information content (AvgIpc) is 2.73. The molecule has 1 aliphatic rings. The number of halogens is 1. The first-order valence-corrected chi connectivity index (χ1v) is 5.69. The lowest BCUT2D eigenvalue weighted by Gasteiger charge is -2.22. The van der Waals surface area contributed by atoms with Crippen LogP contribution in [0.2, 0.25) is 0 Å².